The predicted octanol–water partition coefficient (Wildman–Crippen LogP) is 7.98. The van der Waals surface area contributed by atoms with Crippen molar-refractivity contribution >= 4 is 0 Å². The normalized spacial score (nSPS) is 28.5. The molecule has 0 aromatic heterocycles. The molecule has 1 saturated carbocycles. The molecule has 1 aromatic carbocycles. The van der Waals surface area contributed by atoms with Crippen molar-refractivity contribution in [2.24, 2.45) is 5.92 Å². The Labute approximate surface area is 172 Å². The Kier molecular flexibility index (Phi) is 7.63. The Hall–Kier alpha value is -1.10. The van der Waals surface area contributed by atoms with Crippen LogP contribution in [-0.4, -0.2) is 12.7 Å². The van der Waals surface area contributed by atoms with E-state index in [0.29, 0.717) is 12.3 Å². The minimum atomic E-state index is -4.69. The topological polar surface area (TPSA) is 9.23 Å². The van der Waals surface area contributed by atoms with Crippen LogP contribution in [0.2, 0.25) is 0 Å². The molecule has 2 aliphatic rings. The van der Waals surface area contributed by atoms with E-state index in [-0.39, 0.29) is 35.7 Å². The van der Waals surface area contributed by atoms with E-state index in [1.807, 2.05) is 0 Å². The van der Waals surface area contributed by atoms with E-state index in [1.165, 1.54) is 6.07 Å². The lowest BCUT2D eigenvalue weighted by atomic mass is 9.77. The molecule has 0 bridgehead atoms. The zero-order valence-electron chi connectivity index (χ0n) is 17.7. The zero-order chi connectivity index (χ0) is 21.0. The highest BCUT2D eigenvalue weighted by Crippen LogP contribution is 2.44. The fourth-order valence-electron chi connectivity index (χ4n) is 5.02. The molecule has 1 saturated heterocycles. The molecule has 1 nitrogen and oxygen atoms in total. The van der Waals surface area contributed by atoms with Crippen LogP contribution in [-0.2, 0) is 10.9 Å². The summed E-state index contributed by atoms with van der Waals surface area (Å²) in [5, 5.41) is 0. The van der Waals surface area contributed by atoms with Gasteiger partial charge in [-0.05, 0) is 55.1 Å². The Bertz CT molecular complexity index is 654. The molecule has 1 aliphatic heterocycles. The second kappa shape index (κ2) is 9.80. The molecule has 0 amide bonds. The van der Waals surface area contributed by atoms with Crippen molar-refractivity contribution in [3.63, 3.8) is 0 Å². The molecule has 2 fully saturated rings. The maximum absolute atomic E-state index is 15.2. The summed E-state index contributed by atoms with van der Waals surface area (Å²) in [7, 11) is 0. The van der Waals surface area contributed by atoms with Crippen molar-refractivity contribution in [2.45, 2.75) is 102 Å². The molecule has 3 rings (SSSR count). The summed E-state index contributed by atoms with van der Waals surface area (Å²) in [4.78, 5) is 0. The van der Waals surface area contributed by atoms with Gasteiger partial charge in [-0.3, -0.25) is 0 Å². The van der Waals surface area contributed by atoms with Crippen LogP contribution in [0, 0.1) is 11.7 Å². The lowest BCUT2D eigenvalue weighted by Gasteiger charge is -2.32. The van der Waals surface area contributed by atoms with Gasteiger partial charge in [-0.15, -0.1) is 0 Å². The third-order valence-corrected chi connectivity index (χ3v) is 6.88. The maximum Gasteiger partial charge on any atom is 0.419 e. The van der Waals surface area contributed by atoms with Gasteiger partial charge in [-0.1, -0.05) is 58.1 Å². The standard InChI is InChI=1S/C24H34F4O/c1-3-4-5-6-19-12-11-18(15-29-19)20-13-14-21(17-9-7-16(2)8-10-17)23(25)22(20)24(26,27)28/h13-14,16-19H,3-12,15H2,1-2H3. The van der Waals surface area contributed by atoms with Crippen LogP contribution in [0.4, 0.5) is 17.6 Å². The second-order valence-electron chi connectivity index (χ2n) is 9.11. The molecule has 5 heteroatoms. The van der Waals surface area contributed by atoms with E-state index in [4.69, 9.17) is 4.74 Å². The van der Waals surface area contributed by atoms with Gasteiger partial charge in [0.2, 0.25) is 0 Å². The molecular formula is C24H34F4O. The first-order valence-corrected chi connectivity index (χ1v) is 11.3. The summed E-state index contributed by atoms with van der Waals surface area (Å²) >= 11 is 0. The summed E-state index contributed by atoms with van der Waals surface area (Å²) in [6.45, 7) is 4.54. The first kappa shape index (κ1) is 22.6. The summed E-state index contributed by atoms with van der Waals surface area (Å²) in [5.74, 6) is -0.962. The molecule has 0 N–H and O–H groups in total. The van der Waals surface area contributed by atoms with Gasteiger partial charge in [0.15, 0.2) is 0 Å². The Morgan fingerprint density at radius 2 is 1.59 bits per heavy atom. The fourth-order valence-corrected chi connectivity index (χ4v) is 5.02. The molecule has 0 radical (unpaired) electrons. The zero-order valence-corrected chi connectivity index (χ0v) is 17.7. The number of alkyl halides is 3. The van der Waals surface area contributed by atoms with Crippen molar-refractivity contribution < 1.29 is 22.3 Å². The van der Waals surface area contributed by atoms with Crippen molar-refractivity contribution in [1.29, 1.82) is 0 Å². The van der Waals surface area contributed by atoms with Gasteiger partial charge in [0.25, 0.3) is 0 Å². The Morgan fingerprint density at radius 1 is 0.931 bits per heavy atom. The molecule has 164 valence electrons. The van der Waals surface area contributed by atoms with Gasteiger partial charge >= 0.3 is 6.18 Å². The van der Waals surface area contributed by atoms with E-state index in [2.05, 4.69) is 13.8 Å². The molecule has 1 heterocycles. The van der Waals surface area contributed by atoms with Gasteiger partial charge in [0, 0.05) is 5.92 Å². The Balaban J connectivity index is 1.78. The first-order valence-electron chi connectivity index (χ1n) is 11.3. The SMILES string of the molecule is CCCCCC1CCC(c2ccc(C3CCC(C)CC3)c(F)c2C(F)(F)F)CO1. The van der Waals surface area contributed by atoms with Crippen LogP contribution in [0.5, 0.6) is 0 Å². The highest BCUT2D eigenvalue weighted by atomic mass is 19.4. The van der Waals surface area contributed by atoms with Gasteiger partial charge in [0.05, 0.1) is 18.3 Å². The van der Waals surface area contributed by atoms with E-state index in [1.54, 1.807) is 6.07 Å². The minimum Gasteiger partial charge on any atom is -0.378 e. The van der Waals surface area contributed by atoms with Gasteiger partial charge in [-0.2, -0.15) is 13.2 Å². The van der Waals surface area contributed by atoms with Crippen LogP contribution < -0.4 is 0 Å². The monoisotopic (exact) mass is 414 g/mol. The summed E-state index contributed by atoms with van der Waals surface area (Å²) in [6, 6.07) is 3.15. The first-order chi connectivity index (χ1) is 13.8. The number of hydrogen-bond acceptors (Lipinski definition) is 1. The molecule has 2 atom stereocenters. The van der Waals surface area contributed by atoms with Gasteiger partial charge < -0.3 is 4.74 Å². The number of hydrogen-bond donors (Lipinski definition) is 0. The molecule has 1 aromatic rings. The fraction of sp³-hybridized carbons (Fsp3) is 0.750. The summed E-state index contributed by atoms with van der Waals surface area (Å²) < 4.78 is 62.7. The summed E-state index contributed by atoms with van der Waals surface area (Å²) in [5.41, 5.74) is -0.719. The predicted molar refractivity (Wildman–Crippen MR) is 108 cm³/mol. The number of benzene rings is 1. The minimum absolute atomic E-state index is 0.0786. The third-order valence-electron chi connectivity index (χ3n) is 6.88. The lowest BCUT2D eigenvalue weighted by Crippen LogP contribution is -2.27. The van der Waals surface area contributed by atoms with Gasteiger partial charge in [0.1, 0.15) is 5.82 Å². The van der Waals surface area contributed by atoms with Crippen LogP contribution in [0.3, 0.4) is 0 Å². The van der Waals surface area contributed by atoms with Crippen molar-refractivity contribution in [3.8, 4) is 0 Å². The molecule has 2 unspecified atom stereocenters. The highest BCUT2D eigenvalue weighted by molar-refractivity contribution is 5.40. The van der Waals surface area contributed by atoms with E-state index in [9.17, 15) is 13.2 Å². The van der Waals surface area contributed by atoms with E-state index < -0.39 is 17.6 Å². The molecule has 29 heavy (non-hydrogen) atoms. The van der Waals surface area contributed by atoms with Crippen LogP contribution in [0.25, 0.3) is 0 Å². The highest BCUT2D eigenvalue weighted by Gasteiger charge is 2.41. The molecular weight excluding hydrogens is 380 g/mol. The number of rotatable bonds is 6. The maximum atomic E-state index is 15.2. The number of unbranched alkanes of at least 4 members (excludes halogenated alkanes) is 2. The summed E-state index contributed by atoms with van der Waals surface area (Å²) in [6.07, 6.45) is 4.56. The number of halogens is 4. The van der Waals surface area contributed by atoms with Crippen molar-refractivity contribution in [2.75, 3.05) is 6.61 Å². The molecule has 0 spiro atoms. The van der Waals surface area contributed by atoms with Crippen molar-refractivity contribution in [3.05, 3.63) is 34.6 Å². The largest absolute Gasteiger partial charge is 0.419 e. The van der Waals surface area contributed by atoms with Crippen molar-refractivity contribution in [1.82, 2.24) is 0 Å². The van der Waals surface area contributed by atoms with E-state index in [0.717, 1.165) is 57.8 Å². The van der Waals surface area contributed by atoms with Crippen LogP contribution in [0.1, 0.15) is 107 Å². The van der Waals surface area contributed by atoms with E-state index >= 15 is 4.39 Å². The molecule has 1 aliphatic carbocycles. The quantitative estimate of drug-likeness (QED) is 0.339. The number of ether oxygens (including phenoxy) is 1. The van der Waals surface area contributed by atoms with Gasteiger partial charge in [-0.25, -0.2) is 4.39 Å². The smallest absolute Gasteiger partial charge is 0.378 e. The van der Waals surface area contributed by atoms with Crippen LogP contribution >= 0.6 is 0 Å². The average molecular weight is 415 g/mol. The third kappa shape index (κ3) is 5.53. The average Bonchev–Trinajstić information content (AvgIpc) is 2.68. The second-order valence-corrected chi connectivity index (χ2v) is 9.11. The van der Waals surface area contributed by atoms with Crippen LogP contribution in [0.15, 0.2) is 12.1 Å². The Morgan fingerprint density at radius 3 is 2.17 bits per heavy atom. The lowest BCUT2D eigenvalue weighted by molar-refractivity contribution is -0.141.